The third kappa shape index (κ3) is 1.88. The van der Waals surface area contributed by atoms with Gasteiger partial charge in [-0.05, 0) is 31.9 Å². The van der Waals surface area contributed by atoms with Crippen LogP contribution in [-0.4, -0.2) is 40.3 Å². The molecule has 0 unspecified atom stereocenters. The van der Waals surface area contributed by atoms with Crippen LogP contribution in [0.15, 0.2) is 0 Å². The summed E-state index contributed by atoms with van der Waals surface area (Å²) >= 11 is 1.73. The second-order valence-corrected chi connectivity index (χ2v) is 7.45. The van der Waals surface area contributed by atoms with Gasteiger partial charge in [-0.1, -0.05) is 19.3 Å². The van der Waals surface area contributed by atoms with Crippen molar-refractivity contribution in [2.24, 2.45) is 5.41 Å². The molecule has 2 aliphatic carbocycles. The molecule has 1 spiro atoms. The molecule has 0 aromatic carbocycles. The van der Waals surface area contributed by atoms with E-state index in [1.165, 1.54) is 4.90 Å². The summed E-state index contributed by atoms with van der Waals surface area (Å²) < 4.78 is 0.00712. The van der Waals surface area contributed by atoms with Gasteiger partial charge in [0.25, 0.3) is 0 Å². The van der Waals surface area contributed by atoms with Crippen LogP contribution in [0.25, 0.3) is 0 Å². The first-order chi connectivity index (χ1) is 9.53. The van der Waals surface area contributed by atoms with Gasteiger partial charge in [0.1, 0.15) is 5.41 Å². The third-order valence-electron chi connectivity index (χ3n) is 5.16. The van der Waals surface area contributed by atoms with Crippen molar-refractivity contribution in [2.45, 2.75) is 49.7 Å². The Bertz CT molecular complexity index is 462. The molecule has 1 heterocycles. The van der Waals surface area contributed by atoms with Crippen LogP contribution in [0, 0.1) is 5.41 Å². The molecule has 6 heteroatoms. The van der Waals surface area contributed by atoms with Crippen molar-refractivity contribution >= 4 is 29.6 Å². The number of nitrogens with zero attached hydrogens (tertiary/aromatic N) is 1. The van der Waals surface area contributed by atoms with Crippen LogP contribution in [0.3, 0.4) is 0 Å². The fourth-order valence-corrected chi connectivity index (χ4v) is 4.54. The normalized spacial score (nSPS) is 27.6. The summed E-state index contributed by atoms with van der Waals surface area (Å²) in [5.41, 5.74) is -0.961. The lowest BCUT2D eigenvalue weighted by atomic mass is 9.80. The number of barbiturate groups is 1. The Labute approximate surface area is 122 Å². The third-order valence-corrected chi connectivity index (χ3v) is 6.56. The fourth-order valence-electron chi connectivity index (χ4n) is 3.58. The predicted molar refractivity (Wildman–Crippen MR) is 76.2 cm³/mol. The topological polar surface area (TPSA) is 66.5 Å². The Kier molecular flexibility index (Phi) is 3.31. The predicted octanol–water partition coefficient (Wildman–Crippen LogP) is 1.91. The molecule has 110 valence electrons. The van der Waals surface area contributed by atoms with Crippen molar-refractivity contribution in [1.29, 1.82) is 0 Å². The van der Waals surface area contributed by atoms with Gasteiger partial charge in [0.15, 0.2) is 0 Å². The molecule has 4 amide bonds. The number of thioether (sulfide) groups is 1. The summed E-state index contributed by atoms with van der Waals surface area (Å²) in [6, 6.07) is -0.530. The van der Waals surface area contributed by atoms with E-state index in [9.17, 15) is 14.4 Å². The summed E-state index contributed by atoms with van der Waals surface area (Å²) in [7, 11) is 0. The van der Waals surface area contributed by atoms with Crippen LogP contribution < -0.4 is 5.32 Å². The van der Waals surface area contributed by atoms with Gasteiger partial charge >= 0.3 is 6.03 Å². The smallest absolute Gasteiger partial charge is 0.277 e. The number of hydrogen-bond donors (Lipinski definition) is 1. The Morgan fingerprint density at radius 1 is 1.10 bits per heavy atom. The summed E-state index contributed by atoms with van der Waals surface area (Å²) in [6.07, 6.45) is 8.17. The molecule has 1 saturated heterocycles. The highest BCUT2D eigenvalue weighted by Gasteiger charge is 2.56. The minimum absolute atomic E-state index is 0.00712. The van der Waals surface area contributed by atoms with Crippen LogP contribution in [0.5, 0.6) is 0 Å². The van der Waals surface area contributed by atoms with E-state index in [-0.39, 0.29) is 16.6 Å². The van der Waals surface area contributed by atoms with Crippen LogP contribution in [0.4, 0.5) is 4.79 Å². The number of imide groups is 2. The Morgan fingerprint density at radius 2 is 1.75 bits per heavy atom. The molecule has 0 radical (unpaired) electrons. The number of urea groups is 1. The standard InChI is InChI=1S/C14H20N2O3S/c1-20-13(5-4-6-13)9-16-11(18)14(7-2-3-8-14)10(17)15-12(16)19/h2-9H2,1H3,(H,15,17,19). The van der Waals surface area contributed by atoms with Crippen molar-refractivity contribution in [3.63, 3.8) is 0 Å². The van der Waals surface area contributed by atoms with Crippen LogP contribution in [-0.2, 0) is 9.59 Å². The Morgan fingerprint density at radius 3 is 2.25 bits per heavy atom. The van der Waals surface area contributed by atoms with Crippen molar-refractivity contribution < 1.29 is 14.4 Å². The summed E-state index contributed by atoms with van der Waals surface area (Å²) in [6.45, 7) is 0.438. The van der Waals surface area contributed by atoms with Gasteiger partial charge in [-0.25, -0.2) is 4.79 Å². The minimum Gasteiger partial charge on any atom is -0.277 e. The summed E-state index contributed by atoms with van der Waals surface area (Å²) in [5, 5.41) is 2.41. The van der Waals surface area contributed by atoms with Crippen LogP contribution >= 0.6 is 11.8 Å². The molecule has 0 bridgehead atoms. The molecular weight excluding hydrogens is 276 g/mol. The van der Waals surface area contributed by atoms with Gasteiger partial charge in [-0.2, -0.15) is 11.8 Å². The molecule has 0 aromatic rings. The van der Waals surface area contributed by atoms with E-state index in [0.29, 0.717) is 19.4 Å². The molecule has 3 aliphatic rings. The highest BCUT2D eigenvalue weighted by Crippen LogP contribution is 2.46. The summed E-state index contributed by atoms with van der Waals surface area (Å²) in [4.78, 5) is 38.2. The van der Waals surface area contributed by atoms with Crippen LogP contribution in [0.2, 0.25) is 0 Å². The number of rotatable bonds is 3. The first kappa shape index (κ1) is 13.9. The Hall–Kier alpha value is -1.04. The van der Waals surface area contributed by atoms with Gasteiger partial charge in [0.05, 0.1) is 0 Å². The quantitative estimate of drug-likeness (QED) is 0.808. The van der Waals surface area contributed by atoms with Gasteiger partial charge in [-0.15, -0.1) is 0 Å². The largest absolute Gasteiger partial charge is 0.330 e. The maximum atomic E-state index is 12.7. The van der Waals surface area contributed by atoms with E-state index >= 15 is 0 Å². The van der Waals surface area contributed by atoms with Crippen LogP contribution in [0.1, 0.15) is 44.9 Å². The molecule has 3 rings (SSSR count). The zero-order valence-electron chi connectivity index (χ0n) is 11.7. The molecule has 1 aliphatic heterocycles. The number of hydrogen-bond acceptors (Lipinski definition) is 4. The molecule has 1 N–H and O–H groups in total. The first-order valence-corrected chi connectivity index (χ1v) is 8.48. The van der Waals surface area contributed by atoms with E-state index in [2.05, 4.69) is 5.32 Å². The maximum Gasteiger partial charge on any atom is 0.330 e. The summed E-state index contributed by atoms with van der Waals surface area (Å²) in [5.74, 6) is -0.642. The lowest BCUT2D eigenvalue weighted by Crippen LogP contribution is -2.65. The van der Waals surface area contributed by atoms with Gasteiger partial charge < -0.3 is 0 Å². The monoisotopic (exact) mass is 296 g/mol. The van der Waals surface area contributed by atoms with E-state index < -0.39 is 11.4 Å². The van der Waals surface area contributed by atoms with E-state index in [1.54, 1.807) is 11.8 Å². The number of nitrogens with one attached hydrogen (secondary N) is 1. The minimum atomic E-state index is -0.961. The van der Waals surface area contributed by atoms with E-state index in [1.807, 2.05) is 6.26 Å². The molecular formula is C14H20N2O3S. The van der Waals surface area contributed by atoms with E-state index in [0.717, 1.165) is 32.1 Å². The van der Waals surface area contributed by atoms with Crippen molar-refractivity contribution in [3.8, 4) is 0 Å². The molecule has 20 heavy (non-hydrogen) atoms. The Balaban J connectivity index is 1.84. The molecule has 3 fully saturated rings. The van der Waals surface area contributed by atoms with Gasteiger partial charge in [-0.3, -0.25) is 19.8 Å². The van der Waals surface area contributed by atoms with Gasteiger partial charge in [0, 0.05) is 11.3 Å². The number of carbonyl (C=O) groups excluding carboxylic acids is 3. The fraction of sp³-hybridized carbons (Fsp3) is 0.786. The molecule has 2 saturated carbocycles. The lowest BCUT2D eigenvalue weighted by Gasteiger charge is -2.46. The molecule has 0 atom stereocenters. The second kappa shape index (κ2) is 4.76. The number of carbonyl (C=O) groups is 3. The van der Waals surface area contributed by atoms with Crippen molar-refractivity contribution in [3.05, 3.63) is 0 Å². The zero-order chi connectivity index (χ0) is 14.4. The lowest BCUT2D eigenvalue weighted by molar-refractivity contribution is -0.151. The average Bonchev–Trinajstić information content (AvgIpc) is 2.86. The number of amides is 4. The second-order valence-electron chi connectivity index (χ2n) is 6.18. The SMILES string of the molecule is CSC1(CN2C(=O)NC(=O)C3(CCCC3)C2=O)CCC1. The van der Waals surface area contributed by atoms with Gasteiger partial charge in [0.2, 0.25) is 11.8 Å². The molecule has 5 nitrogen and oxygen atoms in total. The highest BCUT2D eigenvalue weighted by molar-refractivity contribution is 8.00. The first-order valence-electron chi connectivity index (χ1n) is 7.26. The van der Waals surface area contributed by atoms with Crippen molar-refractivity contribution in [1.82, 2.24) is 10.2 Å². The van der Waals surface area contributed by atoms with Crippen molar-refractivity contribution in [2.75, 3.05) is 12.8 Å². The maximum absolute atomic E-state index is 12.7. The average molecular weight is 296 g/mol. The molecule has 0 aromatic heterocycles. The zero-order valence-corrected chi connectivity index (χ0v) is 12.6. The highest BCUT2D eigenvalue weighted by atomic mass is 32.2. The van der Waals surface area contributed by atoms with E-state index in [4.69, 9.17) is 0 Å².